The summed E-state index contributed by atoms with van der Waals surface area (Å²) in [6.45, 7) is 4.07. The van der Waals surface area contributed by atoms with Crippen molar-refractivity contribution in [2.24, 2.45) is 5.92 Å². The van der Waals surface area contributed by atoms with Gasteiger partial charge in [0.2, 0.25) is 5.91 Å². The minimum atomic E-state index is -3.59. The Hall–Kier alpha value is -2.01. The molecule has 2 fully saturated rings. The zero-order valence-electron chi connectivity index (χ0n) is 13.7. The fourth-order valence-corrected chi connectivity index (χ4v) is 6.21. The van der Waals surface area contributed by atoms with Gasteiger partial charge in [0.25, 0.3) is 10.0 Å². The van der Waals surface area contributed by atoms with Gasteiger partial charge in [-0.3, -0.25) is 4.79 Å². The normalized spacial score (nSPS) is 25.9. The van der Waals surface area contributed by atoms with Crippen LogP contribution >= 0.6 is 11.3 Å². The second kappa shape index (κ2) is 6.62. The molecule has 4 heterocycles. The third-order valence-corrected chi connectivity index (χ3v) is 7.94. The average molecular weight is 395 g/mol. The molecule has 1 amide bonds. The lowest BCUT2D eigenvalue weighted by Crippen LogP contribution is -2.36. The summed E-state index contributed by atoms with van der Waals surface area (Å²) in [4.78, 5) is 15.9. The maximum atomic E-state index is 12.9. The van der Waals surface area contributed by atoms with E-state index in [1.54, 1.807) is 18.3 Å². The van der Waals surface area contributed by atoms with Crippen molar-refractivity contribution in [3.63, 3.8) is 0 Å². The molecule has 8 nitrogen and oxygen atoms in total. The van der Waals surface area contributed by atoms with Crippen molar-refractivity contribution in [2.45, 2.75) is 23.0 Å². The summed E-state index contributed by atoms with van der Waals surface area (Å²) in [7, 11) is -3.59. The fraction of sp³-hybridized carbons (Fsp3) is 0.375. The quantitative estimate of drug-likeness (QED) is 0.769. The van der Waals surface area contributed by atoms with Gasteiger partial charge in [-0.05, 0) is 24.6 Å². The van der Waals surface area contributed by atoms with Crippen molar-refractivity contribution in [1.82, 2.24) is 14.6 Å². The van der Waals surface area contributed by atoms with Crippen molar-refractivity contribution in [1.29, 1.82) is 0 Å². The van der Waals surface area contributed by atoms with Crippen LogP contribution in [0.2, 0.25) is 0 Å². The summed E-state index contributed by atoms with van der Waals surface area (Å²) in [5.41, 5.74) is 0. The Morgan fingerprint density at radius 1 is 1.42 bits per heavy atom. The van der Waals surface area contributed by atoms with E-state index in [-0.39, 0.29) is 34.9 Å². The Labute approximate surface area is 154 Å². The number of rotatable bonds is 5. The predicted molar refractivity (Wildman–Crippen MR) is 93.7 cm³/mol. The third kappa shape index (κ3) is 3.09. The zero-order valence-corrected chi connectivity index (χ0v) is 15.3. The largest absolute Gasteiger partial charge is 0.443 e. The molecule has 0 aliphatic carbocycles. The molecule has 0 spiro atoms. The summed E-state index contributed by atoms with van der Waals surface area (Å²) >= 11 is 1.15. The van der Waals surface area contributed by atoms with E-state index in [2.05, 4.69) is 16.9 Å². The number of thiophene rings is 1. The first-order valence-corrected chi connectivity index (χ1v) is 10.3. The van der Waals surface area contributed by atoms with Gasteiger partial charge in [-0.2, -0.15) is 4.31 Å². The number of sulfonamides is 1. The van der Waals surface area contributed by atoms with Crippen LogP contribution in [0.3, 0.4) is 0 Å². The number of ether oxygens (including phenoxy) is 1. The maximum Gasteiger partial charge on any atom is 0.252 e. The second-order valence-corrected chi connectivity index (χ2v) is 9.43. The molecule has 2 aromatic heterocycles. The Morgan fingerprint density at radius 3 is 2.96 bits per heavy atom. The Balaban J connectivity index is 1.45. The lowest BCUT2D eigenvalue weighted by molar-refractivity contribution is -0.120. The first kappa shape index (κ1) is 17.4. The van der Waals surface area contributed by atoms with Gasteiger partial charge in [0.1, 0.15) is 10.4 Å². The SMILES string of the molecule is C=CC(=O)NC1CC2CN(S(=O)(=O)c3ccc(-c4cnco4)s3)CC2O1. The van der Waals surface area contributed by atoms with Gasteiger partial charge in [-0.25, -0.2) is 13.4 Å². The lowest BCUT2D eigenvalue weighted by atomic mass is 10.1. The molecule has 3 unspecified atom stereocenters. The highest BCUT2D eigenvalue weighted by molar-refractivity contribution is 7.91. The summed E-state index contributed by atoms with van der Waals surface area (Å²) in [6.07, 6.45) is 4.03. The van der Waals surface area contributed by atoms with Crippen LogP contribution in [0.15, 0.2) is 46.0 Å². The van der Waals surface area contributed by atoms with Gasteiger partial charge >= 0.3 is 0 Å². The van der Waals surface area contributed by atoms with Crippen LogP contribution in [-0.4, -0.2) is 49.0 Å². The Bertz CT molecular complexity index is 908. The van der Waals surface area contributed by atoms with Crippen LogP contribution in [0.1, 0.15) is 6.42 Å². The predicted octanol–water partition coefficient (Wildman–Crippen LogP) is 1.44. The third-order valence-electron chi connectivity index (χ3n) is 4.54. The molecule has 10 heteroatoms. The summed E-state index contributed by atoms with van der Waals surface area (Å²) in [5.74, 6) is 0.311. The second-order valence-electron chi connectivity index (χ2n) is 6.18. The number of hydrogen-bond acceptors (Lipinski definition) is 7. The molecule has 4 rings (SSSR count). The number of nitrogens with one attached hydrogen (secondary N) is 1. The molecular weight excluding hydrogens is 378 g/mol. The summed E-state index contributed by atoms with van der Waals surface area (Å²) < 4.78 is 38.5. The average Bonchev–Trinajstić information content (AvgIpc) is 3.35. The first-order chi connectivity index (χ1) is 12.5. The zero-order chi connectivity index (χ0) is 18.3. The molecule has 2 aliphatic heterocycles. The molecule has 0 saturated carbocycles. The van der Waals surface area contributed by atoms with Crippen molar-refractivity contribution in [2.75, 3.05) is 13.1 Å². The molecule has 0 bridgehead atoms. The number of amides is 1. The van der Waals surface area contributed by atoms with Crippen LogP contribution in [0, 0.1) is 5.92 Å². The van der Waals surface area contributed by atoms with E-state index in [4.69, 9.17) is 9.15 Å². The minimum Gasteiger partial charge on any atom is -0.443 e. The van der Waals surface area contributed by atoms with Gasteiger partial charge in [0.15, 0.2) is 12.2 Å². The van der Waals surface area contributed by atoms with Gasteiger partial charge in [0, 0.05) is 19.0 Å². The van der Waals surface area contributed by atoms with Gasteiger partial charge in [0.05, 0.1) is 17.2 Å². The fourth-order valence-electron chi connectivity index (χ4n) is 3.29. The van der Waals surface area contributed by atoms with Crippen molar-refractivity contribution < 1.29 is 22.4 Å². The van der Waals surface area contributed by atoms with E-state index >= 15 is 0 Å². The van der Waals surface area contributed by atoms with E-state index < -0.39 is 10.0 Å². The Morgan fingerprint density at radius 2 is 2.27 bits per heavy atom. The van der Waals surface area contributed by atoms with E-state index in [0.717, 1.165) is 11.3 Å². The number of aromatic nitrogens is 1. The van der Waals surface area contributed by atoms with Crippen molar-refractivity contribution >= 4 is 27.3 Å². The standard InChI is InChI=1S/C16H17N3O5S2/c1-2-14(20)18-15-5-10-7-19(8-12(10)24-15)26(21,22)16-4-3-13(25-16)11-6-17-9-23-11/h2-4,6,9-10,12,15H,1,5,7-8H2,(H,18,20). The number of carbonyl (C=O) groups is 1. The van der Waals surface area contributed by atoms with E-state index in [0.29, 0.717) is 23.6 Å². The molecule has 0 aromatic carbocycles. The van der Waals surface area contributed by atoms with Gasteiger partial charge in [-0.15, -0.1) is 11.3 Å². The number of nitrogens with zero attached hydrogens (tertiary/aromatic N) is 2. The molecule has 2 aromatic rings. The molecular formula is C16H17N3O5S2. The van der Waals surface area contributed by atoms with Crippen LogP contribution < -0.4 is 5.32 Å². The Kier molecular flexibility index (Phi) is 4.43. The number of hydrogen-bond donors (Lipinski definition) is 1. The van der Waals surface area contributed by atoms with Crippen LogP contribution in [0.5, 0.6) is 0 Å². The van der Waals surface area contributed by atoms with E-state index in [1.807, 2.05) is 0 Å². The van der Waals surface area contributed by atoms with Crippen LogP contribution in [0.25, 0.3) is 10.6 Å². The van der Waals surface area contributed by atoms with Gasteiger partial charge in [-0.1, -0.05) is 6.58 Å². The number of fused-ring (bicyclic) bond motifs is 1. The molecule has 0 radical (unpaired) electrons. The van der Waals surface area contributed by atoms with Gasteiger partial charge < -0.3 is 14.5 Å². The van der Waals surface area contributed by atoms with E-state index in [9.17, 15) is 13.2 Å². The molecule has 26 heavy (non-hydrogen) atoms. The highest BCUT2D eigenvalue weighted by Crippen LogP contribution is 2.37. The molecule has 138 valence electrons. The lowest BCUT2D eigenvalue weighted by Gasteiger charge is -2.18. The first-order valence-electron chi connectivity index (χ1n) is 8.04. The number of oxazole rings is 1. The van der Waals surface area contributed by atoms with Crippen molar-refractivity contribution in [3.05, 3.63) is 37.4 Å². The maximum absolute atomic E-state index is 12.9. The van der Waals surface area contributed by atoms with Crippen molar-refractivity contribution in [3.8, 4) is 10.6 Å². The topological polar surface area (TPSA) is 102 Å². The highest BCUT2D eigenvalue weighted by atomic mass is 32.2. The van der Waals surface area contributed by atoms with Crippen LogP contribution in [0.4, 0.5) is 0 Å². The van der Waals surface area contributed by atoms with E-state index in [1.165, 1.54) is 16.8 Å². The molecule has 3 atom stereocenters. The monoisotopic (exact) mass is 395 g/mol. The molecule has 2 saturated heterocycles. The number of carbonyl (C=O) groups excluding carboxylic acids is 1. The smallest absolute Gasteiger partial charge is 0.252 e. The van der Waals surface area contributed by atoms with Crippen LogP contribution in [-0.2, 0) is 19.6 Å². The molecule has 2 aliphatic rings. The summed E-state index contributed by atoms with van der Waals surface area (Å²) in [6, 6.07) is 3.30. The highest BCUT2D eigenvalue weighted by Gasteiger charge is 2.46. The summed E-state index contributed by atoms with van der Waals surface area (Å²) in [5, 5.41) is 2.70. The molecule has 1 N–H and O–H groups in total. The minimum absolute atomic E-state index is 0.0635.